The molecule has 3 N–H and O–H groups in total. The number of ether oxygens (including phenoxy) is 1. The SMILES string of the molecule is C#CCOc1ccc(Nc2nc(Nc3ccc(C)c(S(=O)(=O)NC(=O)CCC)c3)ncc2F)cc1.[Na]. The zero-order chi connectivity index (χ0) is 25.4. The van der Waals surface area contributed by atoms with Crippen molar-refractivity contribution in [2.45, 2.75) is 31.6 Å². The van der Waals surface area contributed by atoms with Crippen LogP contribution in [-0.2, 0) is 14.8 Å². The second kappa shape index (κ2) is 13.2. The molecule has 0 aliphatic carbocycles. The van der Waals surface area contributed by atoms with Crippen molar-refractivity contribution in [2.75, 3.05) is 17.2 Å². The smallest absolute Gasteiger partial charge is 0.264 e. The van der Waals surface area contributed by atoms with Gasteiger partial charge >= 0.3 is 0 Å². The van der Waals surface area contributed by atoms with Gasteiger partial charge in [0.1, 0.15) is 12.4 Å². The van der Waals surface area contributed by atoms with Gasteiger partial charge in [0.2, 0.25) is 11.9 Å². The molecule has 0 unspecified atom stereocenters. The summed E-state index contributed by atoms with van der Waals surface area (Å²) >= 11 is 0. The van der Waals surface area contributed by atoms with Crippen LogP contribution in [0.2, 0.25) is 0 Å². The molecule has 1 amide bonds. The van der Waals surface area contributed by atoms with E-state index in [9.17, 15) is 17.6 Å². The summed E-state index contributed by atoms with van der Waals surface area (Å²) in [6.45, 7) is 3.52. The van der Waals surface area contributed by atoms with E-state index in [1.807, 2.05) is 0 Å². The minimum atomic E-state index is -4.07. The van der Waals surface area contributed by atoms with Gasteiger partial charge in [0.05, 0.1) is 11.1 Å². The van der Waals surface area contributed by atoms with Crippen molar-refractivity contribution in [3.63, 3.8) is 0 Å². The zero-order valence-corrected chi connectivity index (χ0v) is 22.9. The van der Waals surface area contributed by atoms with Crippen molar-refractivity contribution in [1.82, 2.24) is 14.7 Å². The van der Waals surface area contributed by atoms with Crippen molar-refractivity contribution in [3.8, 4) is 18.1 Å². The third-order valence-electron chi connectivity index (χ3n) is 4.64. The molecule has 12 heteroatoms. The number of anilines is 4. The Bertz CT molecular complexity index is 1360. The Morgan fingerprint density at radius 2 is 1.83 bits per heavy atom. The molecule has 1 radical (unpaired) electrons. The van der Waals surface area contributed by atoms with Crippen molar-refractivity contribution in [2.24, 2.45) is 0 Å². The van der Waals surface area contributed by atoms with Crippen LogP contribution in [0.15, 0.2) is 53.6 Å². The first-order chi connectivity index (χ1) is 16.7. The summed E-state index contributed by atoms with van der Waals surface area (Å²) in [7, 11) is -4.07. The number of carbonyl (C=O) groups excluding carboxylic acids is 1. The Kier molecular flexibility index (Phi) is 10.7. The monoisotopic (exact) mass is 520 g/mol. The molecule has 2 aromatic carbocycles. The Hall–Kier alpha value is -3.17. The molecule has 3 rings (SSSR count). The maximum absolute atomic E-state index is 14.3. The van der Waals surface area contributed by atoms with E-state index in [0.29, 0.717) is 29.1 Å². The van der Waals surface area contributed by atoms with Crippen LogP contribution in [0.4, 0.5) is 27.5 Å². The number of terminal acetylenes is 1. The molecule has 0 bridgehead atoms. The predicted octanol–water partition coefficient (Wildman–Crippen LogP) is 3.65. The van der Waals surface area contributed by atoms with Crippen molar-refractivity contribution in [1.29, 1.82) is 0 Å². The van der Waals surface area contributed by atoms with E-state index in [2.05, 4.69) is 31.2 Å². The molecular weight excluding hydrogens is 496 g/mol. The predicted molar refractivity (Wildman–Crippen MR) is 136 cm³/mol. The van der Waals surface area contributed by atoms with E-state index < -0.39 is 21.7 Å². The molecule has 0 saturated carbocycles. The van der Waals surface area contributed by atoms with Gasteiger partial charge in [-0.3, -0.25) is 4.79 Å². The van der Waals surface area contributed by atoms with Crippen LogP contribution in [0.5, 0.6) is 5.75 Å². The number of rotatable bonds is 10. The molecule has 1 heterocycles. The number of amides is 1. The van der Waals surface area contributed by atoms with E-state index in [1.54, 1.807) is 50.2 Å². The van der Waals surface area contributed by atoms with Crippen LogP contribution in [0, 0.1) is 25.1 Å². The summed E-state index contributed by atoms with van der Waals surface area (Å²) in [5, 5.41) is 5.72. The molecule has 3 aromatic rings. The van der Waals surface area contributed by atoms with Crippen LogP contribution in [-0.4, -0.2) is 60.5 Å². The normalized spacial score (nSPS) is 10.5. The average Bonchev–Trinajstić information content (AvgIpc) is 2.81. The first kappa shape index (κ1) is 29.1. The first-order valence-corrected chi connectivity index (χ1v) is 12.1. The number of carbonyl (C=O) groups is 1. The molecule has 9 nitrogen and oxygen atoms in total. The Balaban J connectivity index is 0.00000456. The fourth-order valence-electron chi connectivity index (χ4n) is 2.99. The van der Waals surface area contributed by atoms with Gasteiger partial charge in [-0.25, -0.2) is 22.5 Å². The third kappa shape index (κ3) is 7.93. The average molecular weight is 521 g/mol. The number of sulfonamides is 1. The molecule has 0 aliphatic rings. The quantitative estimate of drug-likeness (QED) is 0.274. The van der Waals surface area contributed by atoms with Gasteiger partial charge in [0.15, 0.2) is 11.6 Å². The second-order valence-corrected chi connectivity index (χ2v) is 9.07. The number of benzene rings is 2. The largest absolute Gasteiger partial charge is 0.481 e. The van der Waals surface area contributed by atoms with E-state index in [4.69, 9.17) is 11.2 Å². The molecular formula is C24H24FN5NaO4S. The number of hydrogen-bond donors (Lipinski definition) is 3. The maximum Gasteiger partial charge on any atom is 0.264 e. The van der Waals surface area contributed by atoms with Gasteiger partial charge < -0.3 is 15.4 Å². The molecule has 183 valence electrons. The van der Waals surface area contributed by atoms with Crippen LogP contribution in [0.1, 0.15) is 25.3 Å². The van der Waals surface area contributed by atoms with Crippen molar-refractivity contribution in [3.05, 3.63) is 60.0 Å². The second-order valence-electron chi connectivity index (χ2n) is 7.42. The molecule has 0 aliphatic heterocycles. The number of hydrogen-bond acceptors (Lipinski definition) is 8. The van der Waals surface area contributed by atoms with E-state index in [1.165, 1.54) is 6.07 Å². The fourth-order valence-corrected chi connectivity index (χ4v) is 4.28. The third-order valence-corrected chi connectivity index (χ3v) is 6.16. The van der Waals surface area contributed by atoms with Gasteiger partial charge in [-0.1, -0.05) is 18.9 Å². The Morgan fingerprint density at radius 3 is 2.50 bits per heavy atom. The minimum absolute atomic E-state index is 0. The fraction of sp³-hybridized carbons (Fsp3) is 0.208. The van der Waals surface area contributed by atoms with Gasteiger partial charge in [-0.05, 0) is 55.3 Å². The first-order valence-electron chi connectivity index (χ1n) is 10.6. The molecule has 0 atom stereocenters. The van der Waals surface area contributed by atoms with E-state index in [0.717, 1.165) is 6.20 Å². The summed E-state index contributed by atoms with van der Waals surface area (Å²) in [6.07, 6.45) is 6.76. The molecule has 36 heavy (non-hydrogen) atoms. The van der Waals surface area contributed by atoms with Gasteiger partial charge in [0, 0.05) is 47.4 Å². The number of nitrogens with zero attached hydrogens (tertiary/aromatic N) is 2. The number of nitrogens with one attached hydrogen (secondary N) is 3. The Morgan fingerprint density at radius 1 is 1.14 bits per heavy atom. The zero-order valence-electron chi connectivity index (χ0n) is 20.1. The van der Waals surface area contributed by atoms with Gasteiger partial charge in [-0.2, -0.15) is 4.98 Å². The van der Waals surface area contributed by atoms with Gasteiger partial charge in [-0.15, -0.1) is 6.42 Å². The van der Waals surface area contributed by atoms with Crippen LogP contribution in [0.25, 0.3) is 0 Å². The standard InChI is InChI=1S/C24H24FN5O4S.Na/c1-4-6-22(31)30-35(32,33)21-14-18(8-7-16(21)3)28-24-26-15-20(25)23(29-24)27-17-9-11-19(12-10-17)34-13-5-2;/h2,7-12,14-15H,4,6,13H2,1,3H3,(H,30,31)(H2,26,27,28,29);. The molecule has 1 aromatic heterocycles. The summed E-state index contributed by atoms with van der Waals surface area (Å²) < 4.78 is 47.0. The summed E-state index contributed by atoms with van der Waals surface area (Å²) in [6, 6.07) is 11.2. The summed E-state index contributed by atoms with van der Waals surface area (Å²) in [5.41, 5.74) is 1.34. The Labute approximate surface area is 231 Å². The van der Waals surface area contributed by atoms with Crippen LogP contribution < -0.4 is 20.1 Å². The minimum Gasteiger partial charge on any atom is -0.481 e. The van der Waals surface area contributed by atoms with Crippen molar-refractivity contribution >= 4 is 68.6 Å². The summed E-state index contributed by atoms with van der Waals surface area (Å²) in [4.78, 5) is 19.8. The van der Waals surface area contributed by atoms with Gasteiger partial charge in [0.25, 0.3) is 10.0 Å². The van der Waals surface area contributed by atoms with Crippen LogP contribution in [0.3, 0.4) is 0 Å². The van der Waals surface area contributed by atoms with E-state index in [-0.39, 0.29) is 59.2 Å². The van der Waals surface area contributed by atoms with E-state index >= 15 is 0 Å². The van der Waals surface area contributed by atoms with Crippen LogP contribution >= 0.6 is 0 Å². The number of aromatic nitrogens is 2. The molecule has 0 spiro atoms. The summed E-state index contributed by atoms with van der Waals surface area (Å²) in [5.74, 6) is 1.60. The maximum atomic E-state index is 14.3. The molecule has 0 fully saturated rings. The number of halogens is 1. The topological polar surface area (TPSA) is 122 Å². The number of aryl methyl sites for hydroxylation is 1. The molecule has 0 saturated heterocycles. The van der Waals surface area contributed by atoms with Crippen molar-refractivity contribution < 1.29 is 22.3 Å².